The molecule has 4 atom stereocenters. The van der Waals surface area contributed by atoms with E-state index in [0.717, 1.165) is 37.7 Å². The first-order chi connectivity index (χ1) is 24.5. The van der Waals surface area contributed by atoms with Gasteiger partial charge in [0.15, 0.2) is 0 Å². The Kier molecular flexibility index (Phi) is 14.8. The molecule has 278 valence electrons. The molecule has 0 radical (unpaired) electrons. The molecule has 12 nitrogen and oxygen atoms in total. The van der Waals surface area contributed by atoms with Crippen molar-refractivity contribution >= 4 is 29.5 Å². The van der Waals surface area contributed by atoms with Crippen molar-refractivity contribution in [3.63, 3.8) is 0 Å². The third kappa shape index (κ3) is 11.8. The van der Waals surface area contributed by atoms with E-state index in [1.54, 1.807) is 24.3 Å². The van der Waals surface area contributed by atoms with Crippen LogP contribution in [-0.2, 0) is 25.6 Å². The fourth-order valence-corrected chi connectivity index (χ4v) is 6.72. The minimum Gasteiger partial charge on any atom is -0.491 e. The number of amides is 5. The number of ether oxygens (including phenoxy) is 1. The Labute approximate surface area is 301 Å². The van der Waals surface area contributed by atoms with Crippen LogP contribution in [0, 0.1) is 11.3 Å². The van der Waals surface area contributed by atoms with Crippen LogP contribution in [0.2, 0.25) is 0 Å². The molecule has 6 N–H and O–H groups in total. The molecule has 0 bridgehead atoms. The molecule has 1 aliphatic heterocycles. The van der Waals surface area contributed by atoms with Crippen molar-refractivity contribution in [1.29, 1.82) is 0 Å². The first-order valence-electron chi connectivity index (χ1n) is 18.4. The summed E-state index contributed by atoms with van der Waals surface area (Å²) in [5, 5.41) is 24.4. The van der Waals surface area contributed by atoms with Crippen LogP contribution in [0.3, 0.4) is 0 Å². The van der Waals surface area contributed by atoms with Gasteiger partial charge in [0, 0.05) is 12.0 Å². The number of carbonyl (C=O) groups is 5. The highest BCUT2D eigenvalue weighted by atomic mass is 16.5. The predicted octanol–water partition coefficient (Wildman–Crippen LogP) is 3.17. The quantitative estimate of drug-likeness (QED) is 0.195. The summed E-state index contributed by atoms with van der Waals surface area (Å²) < 4.78 is 6.13. The minimum atomic E-state index is -1.34. The standard InChI is InChI=1S/C39H55N5O7/c1-26(2)22-31-36(48)42-30(17-10-13-21-40-38(50)39(3)19-11-5-12-20-39)35(47)41-28(23-27-14-6-4-7-15-27)25-51-33-18-9-8-16-29(33)34(46)44-32(24-45)37(49)43-31/h4,6-9,14-16,18,26,28,30-32,45H,5,10-13,17,19-25H2,1-3H3,(H,40,50)(H,41,47)(H,42,48)(H,43,49)(H,44,46)/t28-,30-,31-,32-/m0/s1. The second-order valence-electron chi connectivity index (χ2n) is 14.5. The summed E-state index contributed by atoms with van der Waals surface area (Å²) in [6.07, 6.45) is 7.15. The number of para-hydroxylation sites is 1. The maximum absolute atomic E-state index is 14.0. The summed E-state index contributed by atoms with van der Waals surface area (Å²) in [5.74, 6) is -2.02. The van der Waals surface area contributed by atoms with E-state index in [9.17, 15) is 29.1 Å². The molecule has 4 rings (SSSR count). The molecule has 2 aromatic rings. The Morgan fingerprint density at radius 2 is 1.49 bits per heavy atom. The first kappa shape index (κ1) is 39.3. The average molecular weight is 706 g/mol. The maximum Gasteiger partial charge on any atom is 0.255 e. The van der Waals surface area contributed by atoms with Gasteiger partial charge in [-0.2, -0.15) is 0 Å². The van der Waals surface area contributed by atoms with Gasteiger partial charge in [-0.05, 0) is 68.6 Å². The zero-order valence-electron chi connectivity index (χ0n) is 30.2. The number of carbonyl (C=O) groups excluding carboxylic acids is 5. The highest BCUT2D eigenvalue weighted by Gasteiger charge is 2.35. The number of hydrogen-bond donors (Lipinski definition) is 6. The normalized spacial score (nSPS) is 23.2. The van der Waals surface area contributed by atoms with Gasteiger partial charge in [0.05, 0.1) is 18.2 Å². The van der Waals surface area contributed by atoms with E-state index in [1.807, 2.05) is 51.1 Å². The van der Waals surface area contributed by atoms with E-state index in [0.29, 0.717) is 32.2 Å². The zero-order chi connectivity index (χ0) is 36.8. The van der Waals surface area contributed by atoms with Gasteiger partial charge in [0.1, 0.15) is 30.5 Å². The van der Waals surface area contributed by atoms with Gasteiger partial charge in [0.2, 0.25) is 23.6 Å². The van der Waals surface area contributed by atoms with Crippen LogP contribution in [0.15, 0.2) is 54.6 Å². The summed E-state index contributed by atoms with van der Waals surface area (Å²) in [4.78, 5) is 67.4. The second kappa shape index (κ2) is 19.2. The monoisotopic (exact) mass is 705 g/mol. The summed E-state index contributed by atoms with van der Waals surface area (Å²) in [6.45, 7) is 5.60. The summed E-state index contributed by atoms with van der Waals surface area (Å²) >= 11 is 0. The Morgan fingerprint density at radius 3 is 2.20 bits per heavy atom. The third-order valence-electron chi connectivity index (χ3n) is 9.73. The molecule has 1 fully saturated rings. The van der Waals surface area contributed by atoms with Crippen LogP contribution >= 0.6 is 0 Å². The lowest BCUT2D eigenvalue weighted by Gasteiger charge is -2.32. The van der Waals surface area contributed by atoms with E-state index < -0.39 is 54.4 Å². The molecule has 0 saturated heterocycles. The van der Waals surface area contributed by atoms with Gasteiger partial charge >= 0.3 is 0 Å². The van der Waals surface area contributed by atoms with Crippen molar-refractivity contribution in [3.8, 4) is 5.75 Å². The van der Waals surface area contributed by atoms with Crippen LogP contribution in [-0.4, -0.2) is 78.6 Å². The molecular weight excluding hydrogens is 650 g/mol. The van der Waals surface area contributed by atoms with Crippen LogP contribution in [0.4, 0.5) is 0 Å². The lowest BCUT2D eigenvalue weighted by atomic mass is 9.75. The fourth-order valence-electron chi connectivity index (χ4n) is 6.72. The minimum absolute atomic E-state index is 0.00463. The van der Waals surface area contributed by atoms with Crippen molar-refractivity contribution in [1.82, 2.24) is 26.6 Å². The van der Waals surface area contributed by atoms with Crippen molar-refractivity contribution < 1.29 is 33.8 Å². The smallest absolute Gasteiger partial charge is 0.255 e. The Balaban J connectivity index is 1.57. The summed E-state index contributed by atoms with van der Waals surface area (Å²) in [5.41, 5.74) is 0.763. The molecule has 2 aromatic carbocycles. The van der Waals surface area contributed by atoms with Crippen LogP contribution in [0.1, 0.15) is 94.5 Å². The van der Waals surface area contributed by atoms with Gasteiger partial charge < -0.3 is 36.4 Å². The molecular formula is C39H55N5O7. The number of benzene rings is 2. The van der Waals surface area contributed by atoms with Gasteiger partial charge in [-0.3, -0.25) is 24.0 Å². The van der Waals surface area contributed by atoms with Gasteiger partial charge in [-0.1, -0.05) is 82.5 Å². The molecule has 1 heterocycles. The van der Waals surface area contributed by atoms with Crippen molar-refractivity contribution in [2.24, 2.45) is 11.3 Å². The first-order valence-corrected chi connectivity index (χ1v) is 18.4. The highest BCUT2D eigenvalue weighted by molar-refractivity contribution is 6.00. The van der Waals surface area contributed by atoms with Gasteiger partial charge in [-0.25, -0.2) is 0 Å². The second-order valence-corrected chi connectivity index (χ2v) is 14.5. The SMILES string of the molecule is CC(C)C[C@@H]1NC(=O)[C@H](CO)NC(=O)c2ccccc2OC[C@H](Cc2ccccc2)NC(=O)[C@H](CCCCNC(=O)C2(C)CCCCC2)NC1=O. The number of nitrogens with one attached hydrogen (secondary N) is 5. The summed E-state index contributed by atoms with van der Waals surface area (Å²) in [7, 11) is 0. The van der Waals surface area contributed by atoms with E-state index in [-0.39, 0.29) is 41.6 Å². The average Bonchev–Trinajstić information content (AvgIpc) is 3.11. The molecule has 12 heteroatoms. The van der Waals surface area contributed by atoms with Crippen LogP contribution < -0.4 is 31.3 Å². The highest BCUT2D eigenvalue weighted by Crippen LogP contribution is 2.35. The molecule has 1 saturated carbocycles. The zero-order valence-corrected chi connectivity index (χ0v) is 30.2. The Hall–Kier alpha value is -4.45. The number of aliphatic hydroxyl groups is 1. The lowest BCUT2D eigenvalue weighted by molar-refractivity contribution is -0.133. The largest absolute Gasteiger partial charge is 0.491 e. The number of hydrogen-bond acceptors (Lipinski definition) is 7. The Morgan fingerprint density at radius 1 is 0.843 bits per heavy atom. The number of unbranched alkanes of at least 4 members (excludes halogenated alkanes) is 1. The Bertz CT molecular complexity index is 1480. The number of rotatable bonds is 11. The molecule has 0 unspecified atom stereocenters. The predicted molar refractivity (Wildman–Crippen MR) is 194 cm³/mol. The number of fused-ring (bicyclic) bond motifs is 1. The van der Waals surface area contributed by atoms with E-state index >= 15 is 0 Å². The van der Waals surface area contributed by atoms with Crippen molar-refractivity contribution in [2.45, 2.75) is 109 Å². The van der Waals surface area contributed by atoms with E-state index in [2.05, 4.69) is 26.6 Å². The van der Waals surface area contributed by atoms with Crippen molar-refractivity contribution in [2.75, 3.05) is 19.8 Å². The third-order valence-corrected chi connectivity index (χ3v) is 9.73. The van der Waals surface area contributed by atoms with Gasteiger partial charge in [0.25, 0.3) is 5.91 Å². The molecule has 0 aromatic heterocycles. The molecule has 0 spiro atoms. The lowest BCUT2D eigenvalue weighted by Crippen LogP contribution is -2.58. The van der Waals surface area contributed by atoms with Crippen molar-refractivity contribution in [3.05, 3.63) is 65.7 Å². The number of aliphatic hydroxyl groups excluding tert-OH is 1. The van der Waals surface area contributed by atoms with E-state index in [4.69, 9.17) is 4.74 Å². The fraction of sp³-hybridized carbons (Fsp3) is 0.564. The molecule has 51 heavy (non-hydrogen) atoms. The summed E-state index contributed by atoms with van der Waals surface area (Å²) in [6, 6.07) is 12.3. The molecule has 2 aliphatic rings. The molecule has 5 amide bonds. The topological polar surface area (TPSA) is 175 Å². The maximum atomic E-state index is 14.0. The molecule has 1 aliphatic carbocycles. The van der Waals surface area contributed by atoms with Crippen LogP contribution in [0.25, 0.3) is 0 Å². The van der Waals surface area contributed by atoms with E-state index in [1.165, 1.54) is 0 Å². The van der Waals surface area contributed by atoms with Gasteiger partial charge in [-0.15, -0.1) is 0 Å². The van der Waals surface area contributed by atoms with Crippen LogP contribution in [0.5, 0.6) is 5.75 Å².